The van der Waals surface area contributed by atoms with Crippen LogP contribution in [0.15, 0.2) is 22.9 Å². The molecule has 0 aliphatic carbocycles. The zero-order chi connectivity index (χ0) is 9.68. The third-order valence-electron chi connectivity index (χ3n) is 1.86. The first-order chi connectivity index (χ1) is 6.25. The molecular formula is C9H14BrN3. The lowest BCUT2D eigenvalue weighted by Gasteiger charge is -2.19. The molecular weight excluding hydrogens is 230 g/mol. The van der Waals surface area contributed by atoms with Gasteiger partial charge in [0.1, 0.15) is 0 Å². The molecule has 4 heteroatoms. The molecule has 0 atom stereocenters. The van der Waals surface area contributed by atoms with E-state index in [1.807, 2.05) is 19.3 Å². The lowest BCUT2D eigenvalue weighted by Crippen LogP contribution is -2.27. The van der Waals surface area contributed by atoms with Crippen molar-refractivity contribution in [1.82, 2.24) is 10.3 Å². The number of halogens is 1. The molecule has 72 valence electrons. The van der Waals surface area contributed by atoms with Crippen LogP contribution in [0.1, 0.15) is 0 Å². The molecule has 1 N–H and O–H groups in total. The number of pyridine rings is 1. The van der Waals surface area contributed by atoms with E-state index in [1.165, 1.54) is 5.69 Å². The maximum Gasteiger partial charge on any atom is 0.0592 e. The highest BCUT2D eigenvalue weighted by molar-refractivity contribution is 9.10. The molecule has 1 heterocycles. The van der Waals surface area contributed by atoms with Crippen LogP contribution in [-0.2, 0) is 0 Å². The summed E-state index contributed by atoms with van der Waals surface area (Å²) in [5.41, 5.74) is 1.17. The summed E-state index contributed by atoms with van der Waals surface area (Å²) in [4.78, 5) is 6.20. The number of rotatable bonds is 4. The highest BCUT2D eigenvalue weighted by Gasteiger charge is 2.03. The van der Waals surface area contributed by atoms with Gasteiger partial charge in [-0.1, -0.05) is 0 Å². The number of nitrogens with one attached hydrogen (secondary N) is 1. The van der Waals surface area contributed by atoms with Gasteiger partial charge >= 0.3 is 0 Å². The summed E-state index contributed by atoms with van der Waals surface area (Å²) in [6, 6.07) is 2.00. The Morgan fingerprint density at radius 1 is 1.62 bits per heavy atom. The van der Waals surface area contributed by atoms with E-state index in [4.69, 9.17) is 0 Å². The second-order valence-electron chi connectivity index (χ2n) is 2.85. The summed E-state index contributed by atoms with van der Waals surface area (Å²) in [6.45, 7) is 1.96. The van der Waals surface area contributed by atoms with Crippen molar-refractivity contribution >= 4 is 21.6 Å². The molecule has 1 rings (SSSR count). The van der Waals surface area contributed by atoms with Gasteiger partial charge in [0.25, 0.3) is 0 Å². The van der Waals surface area contributed by atoms with E-state index in [9.17, 15) is 0 Å². The summed E-state index contributed by atoms with van der Waals surface area (Å²) >= 11 is 3.46. The second kappa shape index (κ2) is 5.19. The first kappa shape index (κ1) is 10.5. The van der Waals surface area contributed by atoms with E-state index in [-0.39, 0.29) is 0 Å². The Morgan fingerprint density at radius 2 is 2.38 bits per heavy atom. The van der Waals surface area contributed by atoms with Crippen LogP contribution in [0.3, 0.4) is 0 Å². The minimum atomic E-state index is 0.977. The van der Waals surface area contributed by atoms with Crippen molar-refractivity contribution in [1.29, 1.82) is 0 Å². The molecule has 0 saturated heterocycles. The third-order valence-corrected chi connectivity index (χ3v) is 2.47. The normalized spacial score (nSPS) is 10.1. The van der Waals surface area contributed by atoms with Crippen LogP contribution in [0.25, 0.3) is 0 Å². The molecule has 0 amide bonds. The molecule has 0 radical (unpaired) electrons. The van der Waals surface area contributed by atoms with Crippen LogP contribution < -0.4 is 10.2 Å². The Bertz CT molecular complexity index is 265. The predicted molar refractivity (Wildman–Crippen MR) is 59.1 cm³/mol. The van der Waals surface area contributed by atoms with Gasteiger partial charge in [0.2, 0.25) is 0 Å². The maximum absolute atomic E-state index is 4.02. The van der Waals surface area contributed by atoms with Gasteiger partial charge in [-0.2, -0.15) is 0 Å². The van der Waals surface area contributed by atoms with Gasteiger partial charge < -0.3 is 10.2 Å². The Labute approximate surface area is 87.3 Å². The van der Waals surface area contributed by atoms with Gasteiger partial charge in [0.05, 0.1) is 10.2 Å². The summed E-state index contributed by atoms with van der Waals surface area (Å²) in [5, 5.41) is 3.12. The summed E-state index contributed by atoms with van der Waals surface area (Å²) in [5.74, 6) is 0. The number of nitrogens with zero attached hydrogens (tertiary/aromatic N) is 2. The average molecular weight is 244 g/mol. The zero-order valence-electron chi connectivity index (χ0n) is 7.92. The van der Waals surface area contributed by atoms with Gasteiger partial charge in [-0.15, -0.1) is 0 Å². The van der Waals surface area contributed by atoms with Crippen molar-refractivity contribution < 1.29 is 0 Å². The first-order valence-corrected chi connectivity index (χ1v) is 5.00. The van der Waals surface area contributed by atoms with E-state index >= 15 is 0 Å². The van der Waals surface area contributed by atoms with E-state index in [0.717, 1.165) is 17.6 Å². The van der Waals surface area contributed by atoms with Gasteiger partial charge in [0.15, 0.2) is 0 Å². The van der Waals surface area contributed by atoms with E-state index < -0.39 is 0 Å². The minimum Gasteiger partial charge on any atom is -0.372 e. The lowest BCUT2D eigenvalue weighted by atomic mass is 10.3. The summed E-state index contributed by atoms with van der Waals surface area (Å²) in [7, 11) is 4.02. The van der Waals surface area contributed by atoms with Crippen LogP contribution in [0, 0.1) is 0 Å². The molecule has 0 unspecified atom stereocenters. The monoisotopic (exact) mass is 243 g/mol. The van der Waals surface area contributed by atoms with Crippen LogP contribution in [-0.4, -0.2) is 32.2 Å². The largest absolute Gasteiger partial charge is 0.372 e. The van der Waals surface area contributed by atoms with E-state index in [0.29, 0.717) is 0 Å². The Hall–Kier alpha value is -0.610. The topological polar surface area (TPSA) is 28.2 Å². The Kier molecular flexibility index (Phi) is 4.18. The fourth-order valence-corrected chi connectivity index (χ4v) is 1.63. The maximum atomic E-state index is 4.02. The van der Waals surface area contributed by atoms with Crippen molar-refractivity contribution in [2.24, 2.45) is 0 Å². The summed E-state index contributed by atoms with van der Waals surface area (Å²) in [6.07, 6.45) is 3.61. The average Bonchev–Trinajstić information content (AvgIpc) is 2.15. The Balaban J connectivity index is 2.65. The third kappa shape index (κ3) is 2.97. The predicted octanol–water partition coefficient (Wildman–Crippen LogP) is 1.50. The standard InChI is InChI=1S/C9H14BrN3/c1-11-5-6-13(2)9-3-4-12-7-8(9)10/h3-4,7,11H,5-6H2,1-2H3. The molecule has 1 aromatic heterocycles. The number of hydrogen-bond acceptors (Lipinski definition) is 3. The van der Waals surface area contributed by atoms with Crippen molar-refractivity contribution in [3.63, 3.8) is 0 Å². The molecule has 0 aromatic carbocycles. The van der Waals surface area contributed by atoms with E-state index in [1.54, 1.807) is 6.20 Å². The molecule has 0 spiro atoms. The number of anilines is 1. The second-order valence-corrected chi connectivity index (χ2v) is 3.71. The van der Waals surface area contributed by atoms with E-state index in [2.05, 4.69) is 38.2 Å². The minimum absolute atomic E-state index is 0.977. The lowest BCUT2D eigenvalue weighted by molar-refractivity contribution is 0.766. The number of likely N-dealkylation sites (N-methyl/N-ethyl adjacent to an activating group) is 2. The zero-order valence-corrected chi connectivity index (χ0v) is 9.50. The molecule has 3 nitrogen and oxygen atoms in total. The highest BCUT2D eigenvalue weighted by Crippen LogP contribution is 2.22. The molecule has 13 heavy (non-hydrogen) atoms. The van der Waals surface area contributed by atoms with Crippen LogP contribution >= 0.6 is 15.9 Å². The van der Waals surface area contributed by atoms with Crippen LogP contribution in [0.4, 0.5) is 5.69 Å². The molecule has 0 aliphatic rings. The summed E-state index contributed by atoms with van der Waals surface area (Å²) < 4.78 is 1.04. The van der Waals surface area contributed by atoms with Crippen molar-refractivity contribution in [2.45, 2.75) is 0 Å². The van der Waals surface area contributed by atoms with Gasteiger partial charge in [-0.05, 0) is 29.0 Å². The van der Waals surface area contributed by atoms with Gasteiger partial charge in [-0.3, -0.25) is 4.98 Å². The van der Waals surface area contributed by atoms with Gasteiger partial charge in [-0.25, -0.2) is 0 Å². The molecule has 0 aliphatic heterocycles. The molecule has 1 aromatic rings. The molecule has 0 bridgehead atoms. The smallest absolute Gasteiger partial charge is 0.0592 e. The molecule has 0 fully saturated rings. The molecule has 0 saturated carbocycles. The van der Waals surface area contributed by atoms with Crippen molar-refractivity contribution in [2.75, 3.05) is 32.1 Å². The van der Waals surface area contributed by atoms with Crippen LogP contribution in [0.2, 0.25) is 0 Å². The fourth-order valence-electron chi connectivity index (χ4n) is 1.08. The number of hydrogen-bond donors (Lipinski definition) is 1. The SMILES string of the molecule is CNCCN(C)c1ccncc1Br. The highest BCUT2D eigenvalue weighted by atomic mass is 79.9. The van der Waals surface area contributed by atoms with Crippen molar-refractivity contribution in [3.05, 3.63) is 22.9 Å². The van der Waals surface area contributed by atoms with Gasteiger partial charge in [0, 0.05) is 32.5 Å². The first-order valence-electron chi connectivity index (χ1n) is 4.21. The Morgan fingerprint density at radius 3 is 3.00 bits per heavy atom. The number of aromatic nitrogens is 1. The van der Waals surface area contributed by atoms with Crippen molar-refractivity contribution in [3.8, 4) is 0 Å². The quantitative estimate of drug-likeness (QED) is 0.869. The fraction of sp³-hybridized carbons (Fsp3) is 0.444. The van der Waals surface area contributed by atoms with Crippen LogP contribution in [0.5, 0.6) is 0 Å².